The molecule has 0 fully saturated rings. The van der Waals surface area contributed by atoms with Gasteiger partial charge in [-0.25, -0.2) is 4.98 Å². The Labute approximate surface area is 105 Å². The molecule has 0 radical (unpaired) electrons. The molecule has 0 aliphatic carbocycles. The quantitative estimate of drug-likeness (QED) is 0.775. The van der Waals surface area contributed by atoms with Crippen LogP contribution in [0.4, 0.5) is 0 Å². The van der Waals surface area contributed by atoms with Crippen molar-refractivity contribution in [3.8, 4) is 0 Å². The molecule has 0 spiro atoms. The lowest BCUT2D eigenvalue weighted by atomic mass is 10.1. The number of rotatable bonds is 3. The first-order chi connectivity index (χ1) is 8.06. The number of carbonyl (C=O) groups excluding carboxylic acids is 1. The van der Waals surface area contributed by atoms with Gasteiger partial charge >= 0.3 is 0 Å². The molecular weight excluding hydrogens is 230 g/mol. The van der Waals surface area contributed by atoms with Gasteiger partial charge in [0.15, 0.2) is 5.78 Å². The first-order valence-electron chi connectivity index (χ1n) is 5.59. The van der Waals surface area contributed by atoms with Crippen molar-refractivity contribution in [1.82, 2.24) is 4.98 Å². The molecule has 0 bridgehead atoms. The maximum absolute atomic E-state index is 12.1. The monoisotopic (exact) mass is 245 g/mol. The topological polar surface area (TPSA) is 30.0 Å². The van der Waals surface area contributed by atoms with Gasteiger partial charge in [0.25, 0.3) is 0 Å². The first kappa shape index (κ1) is 12.0. The molecule has 0 aliphatic heterocycles. The van der Waals surface area contributed by atoms with Crippen LogP contribution in [0.1, 0.15) is 31.5 Å². The number of hydrogen-bond donors (Lipinski definition) is 0. The lowest BCUT2D eigenvalue weighted by Gasteiger charge is -1.99. The number of nitrogens with zero attached hydrogens (tertiary/aromatic N) is 1. The van der Waals surface area contributed by atoms with Crippen LogP contribution in [-0.2, 0) is 6.42 Å². The van der Waals surface area contributed by atoms with Crippen LogP contribution in [0.3, 0.4) is 0 Å². The highest BCUT2D eigenvalue weighted by Crippen LogP contribution is 2.18. The smallest absolute Gasteiger partial charge is 0.169 e. The van der Waals surface area contributed by atoms with E-state index in [1.165, 1.54) is 4.88 Å². The van der Waals surface area contributed by atoms with Crippen molar-refractivity contribution in [2.45, 2.75) is 27.2 Å². The molecule has 1 heterocycles. The number of ketones is 1. The fourth-order valence-electron chi connectivity index (χ4n) is 1.67. The number of benzene rings is 1. The van der Waals surface area contributed by atoms with Crippen LogP contribution < -0.4 is 0 Å². The summed E-state index contributed by atoms with van der Waals surface area (Å²) in [5, 5.41) is 0.909. The van der Waals surface area contributed by atoms with Crippen LogP contribution in [0.25, 0.3) is 0 Å². The summed E-state index contributed by atoms with van der Waals surface area (Å²) in [6.07, 6.45) is 0.406. The van der Waals surface area contributed by atoms with Crippen LogP contribution in [0, 0.1) is 20.8 Å². The van der Waals surface area contributed by atoms with E-state index in [9.17, 15) is 4.79 Å². The van der Waals surface area contributed by atoms with E-state index in [0.29, 0.717) is 6.42 Å². The minimum atomic E-state index is 0.141. The van der Waals surface area contributed by atoms with Crippen molar-refractivity contribution in [3.63, 3.8) is 0 Å². The average Bonchev–Trinajstić information content (AvgIpc) is 2.58. The average molecular weight is 245 g/mol. The van der Waals surface area contributed by atoms with E-state index in [-0.39, 0.29) is 5.78 Å². The molecule has 17 heavy (non-hydrogen) atoms. The number of carbonyl (C=O) groups is 1. The fraction of sp³-hybridized carbons (Fsp3) is 0.286. The molecule has 2 aromatic rings. The molecule has 0 amide bonds. The highest BCUT2D eigenvalue weighted by molar-refractivity contribution is 7.11. The van der Waals surface area contributed by atoms with E-state index in [2.05, 4.69) is 4.98 Å². The van der Waals surface area contributed by atoms with E-state index in [4.69, 9.17) is 0 Å². The van der Waals surface area contributed by atoms with Gasteiger partial charge in [-0.05, 0) is 26.8 Å². The maximum Gasteiger partial charge on any atom is 0.169 e. The van der Waals surface area contributed by atoms with Gasteiger partial charge in [0, 0.05) is 10.4 Å². The molecule has 1 aromatic heterocycles. The summed E-state index contributed by atoms with van der Waals surface area (Å²) in [4.78, 5) is 17.6. The first-order valence-corrected chi connectivity index (χ1v) is 6.40. The molecule has 0 saturated carbocycles. The Hall–Kier alpha value is -1.48. The van der Waals surface area contributed by atoms with Crippen molar-refractivity contribution in [2.24, 2.45) is 0 Å². The number of aryl methyl sites for hydroxylation is 3. The number of aromatic nitrogens is 1. The third kappa shape index (κ3) is 2.80. The normalized spacial score (nSPS) is 10.5. The molecule has 2 nitrogen and oxygen atoms in total. The van der Waals surface area contributed by atoms with Gasteiger partial charge < -0.3 is 0 Å². The molecule has 0 saturated heterocycles. The maximum atomic E-state index is 12.1. The predicted molar refractivity (Wildman–Crippen MR) is 70.8 cm³/mol. The Kier molecular flexibility index (Phi) is 3.38. The van der Waals surface area contributed by atoms with Gasteiger partial charge in [-0.1, -0.05) is 23.8 Å². The van der Waals surface area contributed by atoms with E-state index >= 15 is 0 Å². The molecule has 0 atom stereocenters. The van der Waals surface area contributed by atoms with Crippen LogP contribution in [0.5, 0.6) is 0 Å². The summed E-state index contributed by atoms with van der Waals surface area (Å²) in [6.45, 7) is 6.01. The second-order valence-electron chi connectivity index (χ2n) is 4.22. The number of Topliss-reactive ketones (excluding diaryl/α,β-unsaturated/α-hetero) is 1. The van der Waals surface area contributed by atoms with Gasteiger partial charge in [-0.15, -0.1) is 11.3 Å². The summed E-state index contributed by atoms with van der Waals surface area (Å²) >= 11 is 1.61. The van der Waals surface area contributed by atoms with E-state index in [0.717, 1.165) is 21.8 Å². The molecule has 1 aromatic carbocycles. The predicted octanol–water partition coefficient (Wildman–Crippen LogP) is 3.49. The Balaban J connectivity index is 2.17. The van der Waals surface area contributed by atoms with Crippen molar-refractivity contribution in [2.75, 3.05) is 0 Å². The Bertz CT molecular complexity index is 538. The van der Waals surface area contributed by atoms with E-state index < -0.39 is 0 Å². The zero-order valence-electron chi connectivity index (χ0n) is 10.3. The van der Waals surface area contributed by atoms with Crippen molar-refractivity contribution in [3.05, 3.63) is 51.0 Å². The van der Waals surface area contributed by atoms with Crippen LogP contribution in [0.2, 0.25) is 0 Å². The lowest BCUT2D eigenvalue weighted by molar-refractivity contribution is 0.0993. The summed E-state index contributed by atoms with van der Waals surface area (Å²) in [6, 6.07) is 7.70. The third-order valence-electron chi connectivity index (χ3n) is 2.72. The second kappa shape index (κ2) is 4.80. The Morgan fingerprint density at radius 3 is 2.65 bits per heavy atom. The van der Waals surface area contributed by atoms with Gasteiger partial charge in [0.2, 0.25) is 0 Å². The fourth-order valence-corrected chi connectivity index (χ4v) is 2.61. The molecule has 0 N–H and O–H groups in total. The molecule has 88 valence electrons. The largest absolute Gasteiger partial charge is 0.294 e. The van der Waals surface area contributed by atoms with E-state index in [1.807, 2.05) is 45.0 Å². The molecule has 0 unspecified atom stereocenters. The summed E-state index contributed by atoms with van der Waals surface area (Å²) < 4.78 is 0. The SMILES string of the molecule is Cc1cccc(C(=O)Cc2nc(C)c(C)s2)c1. The Morgan fingerprint density at radius 1 is 1.29 bits per heavy atom. The summed E-state index contributed by atoms with van der Waals surface area (Å²) in [7, 11) is 0. The zero-order valence-corrected chi connectivity index (χ0v) is 11.1. The molecular formula is C14H15NOS. The summed E-state index contributed by atoms with van der Waals surface area (Å²) in [5.41, 5.74) is 2.92. The van der Waals surface area contributed by atoms with Crippen molar-refractivity contribution >= 4 is 17.1 Å². The highest BCUT2D eigenvalue weighted by Gasteiger charge is 2.11. The minimum Gasteiger partial charge on any atom is -0.294 e. The molecule has 3 heteroatoms. The van der Waals surface area contributed by atoms with Gasteiger partial charge in [0.1, 0.15) is 5.01 Å². The molecule has 2 rings (SSSR count). The number of hydrogen-bond acceptors (Lipinski definition) is 3. The summed E-state index contributed by atoms with van der Waals surface area (Å²) in [5.74, 6) is 0.141. The van der Waals surface area contributed by atoms with E-state index in [1.54, 1.807) is 11.3 Å². The van der Waals surface area contributed by atoms with Gasteiger partial charge in [-0.3, -0.25) is 4.79 Å². The standard InChI is InChI=1S/C14H15NOS/c1-9-5-4-6-12(7-9)13(16)8-14-15-10(2)11(3)17-14/h4-7H,8H2,1-3H3. The zero-order chi connectivity index (χ0) is 12.4. The number of thiazole rings is 1. The van der Waals surface area contributed by atoms with Crippen LogP contribution in [-0.4, -0.2) is 10.8 Å². The third-order valence-corrected chi connectivity index (χ3v) is 3.80. The van der Waals surface area contributed by atoms with Gasteiger partial charge in [0.05, 0.1) is 12.1 Å². The van der Waals surface area contributed by atoms with Gasteiger partial charge in [-0.2, -0.15) is 0 Å². The highest BCUT2D eigenvalue weighted by atomic mass is 32.1. The van der Waals surface area contributed by atoms with Crippen LogP contribution in [0.15, 0.2) is 24.3 Å². The van der Waals surface area contributed by atoms with Crippen LogP contribution >= 0.6 is 11.3 Å². The molecule has 0 aliphatic rings. The van der Waals surface area contributed by atoms with Crippen molar-refractivity contribution < 1.29 is 4.79 Å². The van der Waals surface area contributed by atoms with Crippen molar-refractivity contribution in [1.29, 1.82) is 0 Å². The minimum absolute atomic E-state index is 0.141. The lowest BCUT2D eigenvalue weighted by Crippen LogP contribution is -2.03. The second-order valence-corrected chi connectivity index (χ2v) is 5.51. The Morgan fingerprint density at radius 2 is 2.06 bits per heavy atom.